The van der Waals surface area contributed by atoms with Gasteiger partial charge in [0.15, 0.2) is 0 Å². The van der Waals surface area contributed by atoms with Crippen molar-refractivity contribution in [2.75, 3.05) is 30.9 Å². The third-order valence-corrected chi connectivity index (χ3v) is 3.88. The molecule has 1 aromatic heterocycles. The van der Waals surface area contributed by atoms with E-state index in [1.54, 1.807) is 31.5 Å². The molecule has 0 fully saturated rings. The SMILES string of the molecule is COc1ccc(OCCNc2cncc(C(=O)Nc3ccccc3F)c2)cc1. The molecule has 1 heterocycles. The van der Waals surface area contributed by atoms with Gasteiger partial charge in [0, 0.05) is 18.9 Å². The predicted octanol–water partition coefficient (Wildman–Crippen LogP) is 3.97. The normalized spacial score (nSPS) is 10.2. The summed E-state index contributed by atoms with van der Waals surface area (Å²) >= 11 is 0. The standard InChI is InChI=1S/C21H20FN3O3/c1-27-17-6-8-18(9-7-17)28-11-10-24-16-12-15(13-23-14-16)21(26)25-20-5-3-2-4-19(20)22/h2-9,12-14,24H,10-11H2,1H3,(H,25,26). The zero-order chi connectivity index (χ0) is 19.8. The van der Waals surface area contributed by atoms with E-state index in [-0.39, 0.29) is 5.69 Å². The fraction of sp³-hybridized carbons (Fsp3) is 0.143. The number of ether oxygens (including phenoxy) is 2. The van der Waals surface area contributed by atoms with Gasteiger partial charge >= 0.3 is 0 Å². The van der Waals surface area contributed by atoms with Crippen LogP contribution < -0.4 is 20.1 Å². The number of hydrogen-bond acceptors (Lipinski definition) is 5. The summed E-state index contributed by atoms with van der Waals surface area (Å²) in [5, 5.41) is 5.68. The number of nitrogens with zero attached hydrogens (tertiary/aromatic N) is 1. The topological polar surface area (TPSA) is 72.5 Å². The highest BCUT2D eigenvalue weighted by molar-refractivity contribution is 6.04. The molecule has 2 aromatic carbocycles. The maximum absolute atomic E-state index is 13.7. The highest BCUT2D eigenvalue weighted by Gasteiger charge is 2.10. The third-order valence-electron chi connectivity index (χ3n) is 3.88. The van der Waals surface area contributed by atoms with Crippen LogP contribution >= 0.6 is 0 Å². The summed E-state index contributed by atoms with van der Waals surface area (Å²) in [7, 11) is 1.61. The minimum Gasteiger partial charge on any atom is -0.497 e. The Kier molecular flexibility index (Phi) is 6.41. The summed E-state index contributed by atoms with van der Waals surface area (Å²) in [5.41, 5.74) is 1.11. The van der Waals surface area contributed by atoms with Crippen molar-refractivity contribution in [1.82, 2.24) is 4.98 Å². The summed E-state index contributed by atoms with van der Waals surface area (Å²) in [6.07, 6.45) is 3.03. The second kappa shape index (κ2) is 9.36. The largest absolute Gasteiger partial charge is 0.497 e. The Hall–Kier alpha value is -3.61. The summed E-state index contributed by atoms with van der Waals surface area (Å²) in [6.45, 7) is 0.948. The first kappa shape index (κ1) is 19.2. The van der Waals surface area contributed by atoms with Gasteiger partial charge < -0.3 is 20.1 Å². The fourth-order valence-corrected chi connectivity index (χ4v) is 2.45. The lowest BCUT2D eigenvalue weighted by atomic mass is 10.2. The molecular weight excluding hydrogens is 361 g/mol. The van der Waals surface area contributed by atoms with Gasteiger partial charge in [-0.3, -0.25) is 9.78 Å². The number of halogens is 1. The molecule has 0 atom stereocenters. The Morgan fingerprint density at radius 3 is 2.57 bits per heavy atom. The molecule has 7 heteroatoms. The summed E-state index contributed by atoms with van der Waals surface area (Å²) in [6, 6.07) is 14.9. The van der Waals surface area contributed by atoms with Crippen LogP contribution in [0.15, 0.2) is 67.0 Å². The number of nitrogens with one attached hydrogen (secondary N) is 2. The van der Waals surface area contributed by atoms with Gasteiger partial charge in [0.2, 0.25) is 0 Å². The Labute approximate surface area is 162 Å². The van der Waals surface area contributed by atoms with E-state index in [1.807, 2.05) is 24.3 Å². The average molecular weight is 381 g/mol. The number of rotatable bonds is 8. The number of hydrogen-bond donors (Lipinski definition) is 2. The van der Waals surface area contributed by atoms with Gasteiger partial charge in [0.25, 0.3) is 5.91 Å². The maximum Gasteiger partial charge on any atom is 0.257 e. The number of benzene rings is 2. The van der Waals surface area contributed by atoms with Crippen LogP contribution in [0.1, 0.15) is 10.4 Å². The lowest BCUT2D eigenvalue weighted by molar-refractivity contribution is 0.102. The average Bonchev–Trinajstić information content (AvgIpc) is 2.73. The molecule has 0 radical (unpaired) electrons. The fourth-order valence-electron chi connectivity index (χ4n) is 2.45. The molecule has 6 nitrogen and oxygen atoms in total. The van der Waals surface area contributed by atoms with Crippen molar-refractivity contribution < 1.29 is 18.7 Å². The Balaban J connectivity index is 1.51. The van der Waals surface area contributed by atoms with E-state index >= 15 is 0 Å². The van der Waals surface area contributed by atoms with Gasteiger partial charge in [-0.15, -0.1) is 0 Å². The van der Waals surface area contributed by atoms with E-state index in [0.717, 1.165) is 11.5 Å². The first-order chi connectivity index (χ1) is 13.7. The van der Waals surface area contributed by atoms with Crippen molar-refractivity contribution in [2.24, 2.45) is 0 Å². The van der Waals surface area contributed by atoms with Gasteiger partial charge in [0.1, 0.15) is 23.9 Å². The number of anilines is 2. The van der Waals surface area contributed by atoms with Crippen LogP contribution in [0.4, 0.5) is 15.8 Å². The van der Waals surface area contributed by atoms with Crippen LogP contribution in [0.5, 0.6) is 11.5 Å². The van der Waals surface area contributed by atoms with Gasteiger partial charge in [0.05, 0.1) is 24.0 Å². The van der Waals surface area contributed by atoms with E-state index < -0.39 is 11.7 Å². The van der Waals surface area contributed by atoms with Gasteiger partial charge in [-0.05, 0) is 42.5 Å². The van der Waals surface area contributed by atoms with Crippen LogP contribution in [-0.4, -0.2) is 31.2 Å². The molecule has 0 aliphatic carbocycles. The molecule has 3 aromatic rings. The van der Waals surface area contributed by atoms with Crippen LogP contribution in [0, 0.1) is 5.82 Å². The number of pyridine rings is 1. The molecule has 0 bridgehead atoms. The number of carbonyl (C=O) groups excluding carboxylic acids is 1. The quantitative estimate of drug-likeness (QED) is 0.578. The molecule has 144 valence electrons. The second-order valence-electron chi connectivity index (χ2n) is 5.85. The summed E-state index contributed by atoms with van der Waals surface area (Å²) in [5.74, 6) is 0.574. The van der Waals surface area contributed by atoms with Crippen molar-refractivity contribution >= 4 is 17.3 Å². The highest BCUT2D eigenvalue weighted by Crippen LogP contribution is 2.17. The van der Waals surface area contributed by atoms with Crippen molar-refractivity contribution in [3.05, 3.63) is 78.4 Å². The van der Waals surface area contributed by atoms with E-state index in [0.29, 0.717) is 24.4 Å². The molecule has 0 unspecified atom stereocenters. The smallest absolute Gasteiger partial charge is 0.257 e. The Bertz CT molecular complexity index is 932. The molecule has 0 spiro atoms. The summed E-state index contributed by atoms with van der Waals surface area (Å²) in [4.78, 5) is 16.4. The molecular formula is C21H20FN3O3. The van der Waals surface area contributed by atoms with Crippen molar-refractivity contribution in [1.29, 1.82) is 0 Å². The first-order valence-corrected chi connectivity index (χ1v) is 8.67. The lowest BCUT2D eigenvalue weighted by Gasteiger charge is -2.10. The Morgan fingerprint density at radius 2 is 1.82 bits per heavy atom. The van der Waals surface area contributed by atoms with Crippen LogP contribution in [0.3, 0.4) is 0 Å². The van der Waals surface area contributed by atoms with E-state index in [9.17, 15) is 9.18 Å². The minimum atomic E-state index is -0.492. The summed E-state index contributed by atoms with van der Waals surface area (Å²) < 4.78 is 24.4. The number of carbonyl (C=O) groups is 1. The monoisotopic (exact) mass is 381 g/mol. The third kappa shape index (κ3) is 5.20. The molecule has 0 aliphatic heterocycles. The molecule has 28 heavy (non-hydrogen) atoms. The van der Waals surface area contributed by atoms with Gasteiger partial charge in [-0.25, -0.2) is 4.39 Å². The van der Waals surface area contributed by atoms with Crippen molar-refractivity contribution in [3.8, 4) is 11.5 Å². The molecule has 0 aliphatic rings. The molecule has 2 N–H and O–H groups in total. The van der Waals surface area contributed by atoms with Crippen molar-refractivity contribution in [3.63, 3.8) is 0 Å². The molecule has 1 amide bonds. The van der Waals surface area contributed by atoms with Crippen LogP contribution in [-0.2, 0) is 0 Å². The van der Waals surface area contributed by atoms with Crippen LogP contribution in [0.25, 0.3) is 0 Å². The molecule has 0 saturated heterocycles. The zero-order valence-corrected chi connectivity index (χ0v) is 15.3. The van der Waals surface area contributed by atoms with E-state index in [4.69, 9.17) is 9.47 Å². The predicted molar refractivity (Wildman–Crippen MR) is 106 cm³/mol. The van der Waals surface area contributed by atoms with Crippen molar-refractivity contribution in [2.45, 2.75) is 0 Å². The van der Waals surface area contributed by atoms with Gasteiger partial charge in [-0.1, -0.05) is 12.1 Å². The number of amides is 1. The Morgan fingerprint density at radius 1 is 1.07 bits per heavy atom. The van der Waals surface area contributed by atoms with E-state index in [1.165, 1.54) is 18.3 Å². The number of para-hydroxylation sites is 1. The molecule has 3 rings (SSSR count). The maximum atomic E-state index is 13.7. The van der Waals surface area contributed by atoms with Crippen LogP contribution in [0.2, 0.25) is 0 Å². The first-order valence-electron chi connectivity index (χ1n) is 8.67. The highest BCUT2D eigenvalue weighted by atomic mass is 19.1. The zero-order valence-electron chi connectivity index (χ0n) is 15.3. The number of methoxy groups -OCH3 is 1. The second-order valence-corrected chi connectivity index (χ2v) is 5.85. The minimum absolute atomic E-state index is 0.124. The lowest BCUT2D eigenvalue weighted by Crippen LogP contribution is -2.15. The van der Waals surface area contributed by atoms with E-state index in [2.05, 4.69) is 15.6 Å². The molecule has 0 saturated carbocycles. The number of aromatic nitrogens is 1. The van der Waals surface area contributed by atoms with Gasteiger partial charge in [-0.2, -0.15) is 0 Å².